The summed E-state index contributed by atoms with van der Waals surface area (Å²) >= 11 is 5.77. The Bertz CT molecular complexity index is 510. The third-order valence-corrected chi connectivity index (χ3v) is 3.68. The normalized spacial score (nSPS) is 18.5. The maximum absolute atomic E-state index is 13.2. The van der Waals surface area contributed by atoms with E-state index < -0.39 is 23.1 Å². The number of hydrogen-bond donors (Lipinski definition) is 1. The Kier molecular flexibility index (Phi) is 3.78. The highest BCUT2D eigenvalue weighted by atomic mass is 35.5. The average molecular weight is 290 g/mol. The van der Waals surface area contributed by atoms with Crippen LogP contribution in [0, 0.1) is 11.6 Å². The van der Waals surface area contributed by atoms with Crippen LogP contribution >= 0.6 is 11.6 Å². The van der Waals surface area contributed by atoms with Gasteiger partial charge >= 0.3 is 0 Å². The summed E-state index contributed by atoms with van der Waals surface area (Å²) in [6.45, 7) is 2.43. The molecule has 0 atom stereocenters. The number of hydrogen-bond acceptors (Lipinski definition) is 2. The summed E-state index contributed by atoms with van der Waals surface area (Å²) in [6, 6.07) is 1.61. The van der Waals surface area contributed by atoms with Crippen LogP contribution < -0.4 is 0 Å². The Balaban J connectivity index is 2.19. The molecule has 1 fully saturated rings. The maximum Gasteiger partial charge on any atom is 0.255 e. The SMILES string of the molecule is CC1(O)CCN(C(=O)c2cc(F)c(F)cc2Cl)CC1. The minimum Gasteiger partial charge on any atom is -0.390 e. The largest absolute Gasteiger partial charge is 0.390 e. The minimum absolute atomic E-state index is 0.0536. The molecule has 0 aromatic heterocycles. The first-order chi connectivity index (χ1) is 8.80. The molecule has 0 bridgehead atoms. The number of carbonyl (C=O) groups excluding carboxylic acids is 1. The molecule has 1 amide bonds. The van der Waals surface area contributed by atoms with Gasteiger partial charge in [-0.05, 0) is 31.9 Å². The molecule has 1 aliphatic rings. The van der Waals surface area contributed by atoms with Gasteiger partial charge in [0.25, 0.3) is 5.91 Å². The van der Waals surface area contributed by atoms with Gasteiger partial charge in [0, 0.05) is 13.1 Å². The summed E-state index contributed by atoms with van der Waals surface area (Å²) in [5.74, 6) is -2.63. The maximum atomic E-state index is 13.2. The van der Waals surface area contributed by atoms with Crippen molar-refractivity contribution in [1.82, 2.24) is 4.90 Å². The van der Waals surface area contributed by atoms with Crippen LogP contribution in [-0.2, 0) is 0 Å². The molecule has 1 aromatic rings. The number of benzene rings is 1. The second-order valence-electron chi connectivity index (χ2n) is 5.04. The van der Waals surface area contributed by atoms with E-state index in [-0.39, 0.29) is 10.6 Å². The lowest BCUT2D eigenvalue weighted by molar-refractivity contribution is -0.00203. The van der Waals surface area contributed by atoms with Crippen molar-refractivity contribution < 1.29 is 18.7 Å². The highest BCUT2D eigenvalue weighted by Gasteiger charge is 2.31. The van der Waals surface area contributed by atoms with Gasteiger partial charge in [0.05, 0.1) is 16.2 Å². The van der Waals surface area contributed by atoms with Gasteiger partial charge in [-0.15, -0.1) is 0 Å². The number of halogens is 3. The number of nitrogens with zero attached hydrogens (tertiary/aromatic N) is 1. The summed E-state index contributed by atoms with van der Waals surface area (Å²) < 4.78 is 26.1. The van der Waals surface area contributed by atoms with Crippen LogP contribution in [-0.4, -0.2) is 34.6 Å². The smallest absolute Gasteiger partial charge is 0.255 e. The number of rotatable bonds is 1. The molecular weight excluding hydrogens is 276 g/mol. The van der Waals surface area contributed by atoms with E-state index in [1.165, 1.54) is 4.90 Å². The fraction of sp³-hybridized carbons (Fsp3) is 0.462. The standard InChI is InChI=1S/C13H14ClF2NO2/c1-13(19)2-4-17(5-3-13)12(18)8-6-10(15)11(16)7-9(8)14/h6-7,19H,2-5H2,1H3. The van der Waals surface area contributed by atoms with E-state index in [2.05, 4.69) is 0 Å². The van der Waals surface area contributed by atoms with E-state index in [0.717, 1.165) is 12.1 Å². The fourth-order valence-electron chi connectivity index (χ4n) is 2.05. The molecule has 104 valence electrons. The first kappa shape index (κ1) is 14.2. The van der Waals surface area contributed by atoms with Crippen LogP contribution in [0.2, 0.25) is 5.02 Å². The fourth-order valence-corrected chi connectivity index (χ4v) is 2.28. The van der Waals surface area contributed by atoms with Gasteiger partial charge in [0.15, 0.2) is 11.6 Å². The monoisotopic (exact) mass is 289 g/mol. The Morgan fingerprint density at radius 2 is 1.84 bits per heavy atom. The predicted octanol–water partition coefficient (Wildman–Crippen LogP) is 2.61. The second-order valence-corrected chi connectivity index (χ2v) is 5.44. The Morgan fingerprint density at radius 1 is 1.32 bits per heavy atom. The molecule has 1 N–H and O–H groups in total. The molecule has 19 heavy (non-hydrogen) atoms. The van der Waals surface area contributed by atoms with Gasteiger partial charge in [-0.1, -0.05) is 11.6 Å². The quantitative estimate of drug-likeness (QED) is 0.807. The van der Waals surface area contributed by atoms with E-state index >= 15 is 0 Å². The number of carbonyl (C=O) groups is 1. The van der Waals surface area contributed by atoms with Crippen molar-refractivity contribution in [2.75, 3.05) is 13.1 Å². The highest BCUT2D eigenvalue weighted by molar-refractivity contribution is 6.33. The summed E-state index contributed by atoms with van der Waals surface area (Å²) in [5.41, 5.74) is -0.837. The van der Waals surface area contributed by atoms with E-state index in [9.17, 15) is 18.7 Å². The van der Waals surface area contributed by atoms with Gasteiger partial charge in [0.2, 0.25) is 0 Å². The molecule has 0 unspecified atom stereocenters. The molecule has 0 spiro atoms. The molecule has 0 saturated carbocycles. The van der Waals surface area contributed by atoms with Crippen molar-refractivity contribution in [3.05, 3.63) is 34.4 Å². The zero-order valence-corrected chi connectivity index (χ0v) is 11.2. The zero-order valence-electron chi connectivity index (χ0n) is 10.4. The molecule has 1 saturated heterocycles. The van der Waals surface area contributed by atoms with Crippen LogP contribution in [0.3, 0.4) is 0 Å². The number of piperidine rings is 1. The van der Waals surface area contributed by atoms with E-state index in [1.54, 1.807) is 6.92 Å². The predicted molar refractivity (Wildman–Crippen MR) is 67.1 cm³/mol. The Morgan fingerprint density at radius 3 is 2.42 bits per heavy atom. The average Bonchev–Trinajstić information content (AvgIpc) is 2.33. The van der Waals surface area contributed by atoms with E-state index in [1.807, 2.05) is 0 Å². The summed E-state index contributed by atoms with van der Waals surface area (Å²) in [6.07, 6.45) is 0.889. The highest BCUT2D eigenvalue weighted by Crippen LogP contribution is 2.26. The molecule has 1 heterocycles. The van der Waals surface area contributed by atoms with Crippen LogP contribution in [0.4, 0.5) is 8.78 Å². The molecule has 1 aliphatic heterocycles. The van der Waals surface area contributed by atoms with Crippen molar-refractivity contribution >= 4 is 17.5 Å². The summed E-state index contributed by atoms with van der Waals surface area (Å²) in [7, 11) is 0. The van der Waals surface area contributed by atoms with Crippen molar-refractivity contribution in [2.24, 2.45) is 0 Å². The first-order valence-electron chi connectivity index (χ1n) is 5.96. The van der Waals surface area contributed by atoms with E-state index in [4.69, 9.17) is 11.6 Å². The van der Waals surface area contributed by atoms with Gasteiger partial charge < -0.3 is 10.0 Å². The molecular formula is C13H14ClF2NO2. The third kappa shape index (κ3) is 3.04. The topological polar surface area (TPSA) is 40.5 Å². The van der Waals surface area contributed by atoms with Crippen molar-refractivity contribution in [3.63, 3.8) is 0 Å². The number of likely N-dealkylation sites (tertiary alicyclic amines) is 1. The van der Waals surface area contributed by atoms with Gasteiger partial charge in [-0.3, -0.25) is 4.79 Å². The second kappa shape index (κ2) is 5.06. The summed E-state index contributed by atoms with van der Waals surface area (Å²) in [5, 5.41) is 9.70. The lowest BCUT2D eigenvalue weighted by Crippen LogP contribution is -2.45. The van der Waals surface area contributed by atoms with Crippen molar-refractivity contribution in [3.8, 4) is 0 Å². The van der Waals surface area contributed by atoms with Crippen LogP contribution in [0.15, 0.2) is 12.1 Å². The minimum atomic E-state index is -1.10. The Hall–Kier alpha value is -1.20. The van der Waals surface area contributed by atoms with Crippen LogP contribution in [0.5, 0.6) is 0 Å². The van der Waals surface area contributed by atoms with Crippen LogP contribution in [0.25, 0.3) is 0 Å². The molecule has 1 aromatic carbocycles. The van der Waals surface area contributed by atoms with Crippen LogP contribution in [0.1, 0.15) is 30.1 Å². The molecule has 6 heteroatoms. The van der Waals surface area contributed by atoms with E-state index in [0.29, 0.717) is 25.9 Å². The van der Waals surface area contributed by atoms with Crippen molar-refractivity contribution in [1.29, 1.82) is 0 Å². The lowest BCUT2D eigenvalue weighted by Gasteiger charge is -2.35. The number of amides is 1. The molecule has 3 nitrogen and oxygen atoms in total. The Labute approximate surface area is 114 Å². The van der Waals surface area contributed by atoms with Gasteiger partial charge in [-0.2, -0.15) is 0 Å². The van der Waals surface area contributed by atoms with Crippen molar-refractivity contribution in [2.45, 2.75) is 25.4 Å². The molecule has 0 aliphatic carbocycles. The van der Waals surface area contributed by atoms with Gasteiger partial charge in [0.1, 0.15) is 0 Å². The number of aliphatic hydroxyl groups is 1. The first-order valence-corrected chi connectivity index (χ1v) is 6.34. The lowest BCUT2D eigenvalue weighted by atomic mass is 9.93. The third-order valence-electron chi connectivity index (χ3n) is 3.37. The van der Waals surface area contributed by atoms with Gasteiger partial charge in [-0.25, -0.2) is 8.78 Å². The summed E-state index contributed by atoms with van der Waals surface area (Å²) in [4.78, 5) is 13.6. The molecule has 0 radical (unpaired) electrons. The zero-order chi connectivity index (χ0) is 14.2. The molecule has 2 rings (SSSR count).